The Hall–Kier alpha value is -1.83. The normalized spacial score (nSPS) is 12.1. The van der Waals surface area contributed by atoms with Crippen LogP contribution in [0, 0.1) is 6.92 Å². The third-order valence-corrected chi connectivity index (χ3v) is 3.69. The first-order valence-corrected chi connectivity index (χ1v) is 7.33. The Balaban J connectivity index is 1.95. The van der Waals surface area contributed by atoms with Crippen LogP contribution in [-0.2, 0) is 16.0 Å². The van der Waals surface area contributed by atoms with Gasteiger partial charge in [-0.05, 0) is 12.5 Å². The number of hydrogen-bond acceptors (Lipinski definition) is 6. The van der Waals surface area contributed by atoms with Crippen LogP contribution in [0.1, 0.15) is 16.1 Å². The van der Waals surface area contributed by atoms with E-state index < -0.39 is 6.04 Å². The molecule has 0 aliphatic heterocycles. The molecule has 21 heavy (non-hydrogen) atoms. The number of nitrogens with one attached hydrogen (secondary N) is 1. The van der Waals surface area contributed by atoms with Gasteiger partial charge in [-0.15, -0.1) is 10.2 Å². The van der Waals surface area contributed by atoms with E-state index in [2.05, 4.69) is 39.8 Å². The molecule has 1 aromatic heterocycles. The minimum atomic E-state index is -0.709. The number of amides is 1. The number of benzene rings is 1. The molecule has 6 nitrogen and oxygen atoms in total. The molecule has 0 spiro atoms. The Morgan fingerprint density at radius 1 is 1.38 bits per heavy atom. The van der Waals surface area contributed by atoms with Gasteiger partial charge in [-0.1, -0.05) is 41.2 Å². The largest absolute Gasteiger partial charge is 0.383 e. The van der Waals surface area contributed by atoms with Crippen LogP contribution in [-0.4, -0.2) is 35.9 Å². The number of rotatable bonds is 6. The molecule has 7 heteroatoms. The summed E-state index contributed by atoms with van der Waals surface area (Å²) in [5.74, 6) is -0.324. The molecular formula is C14H18N4O2S. The van der Waals surface area contributed by atoms with E-state index in [4.69, 9.17) is 10.5 Å². The zero-order valence-corrected chi connectivity index (χ0v) is 12.8. The van der Waals surface area contributed by atoms with E-state index in [1.54, 1.807) is 0 Å². The molecule has 1 unspecified atom stereocenters. The molecule has 0 saturated heterocycles. The summed E-state index contributed by atoms with van der Waals surface area (Å²) in [6.45, 7) is 2.21. The van der Waals surface area contributed by atoms with Crippen LogP contribution in [0.2, 0.25) is 0 Å². The number of carbonyl (C=O) groups is 1. The van der Waals surface area contributed by atoms with E-state index in [1.807, 2.05) is 6.92 Å². The van der Waals surface area contributed by atoms with Gasteiger partial charge in [0, 0.05) is 13.5 Å². The van der Waals surface area contributed by atoms with Gasteiger partial charge >= 0.3 is 0 Å². The second kappa shape index (κ2) is 7.26. The molecule has 0 aliphatic carbocycles. The van der Waals surface area contributed by atoms with Crippen molar-refractivity contribution < 1.29 is 9.53 Å². The molecule has 0 saturated carbocycles. The number of nitrogens with zero attached hydrogens (tertiary/aromatic N) is 2. The monoisotopic (exact) mass is 306 g/mol. The molecule has 0 bridgehead atoms. The van der Waals surface area contributed by atoms with Gasteiger partial charge in [0.1, 0.15) is 11.0 Å². The quantitative estimate of drug-likeness (QED) is 0.841. The van der Waals surface area contributed by atoms with Gasteiger partial charge in [0.05, 0.1) is 6.61 Å². The molecule has 1 heterocycles. The van der Waals surface area contributed by atoms with Crippen molar-refractivity contribution in [3.8, 4) is 0 Å². The lowest BCUT2D eigenvalue weighted by Gasteiger charge is -2.08. The summed E-state index contributed by atoms with van der Waals surface area (Å²) in [6, 6.07) is 7.53. The molecule has 0 radical (unpaired) electrons. The van der Waals surface area contributed by atoms with Crippen LogP contribution in [0.25, 0.3) is 0 Å². The molecule has 0 fully saturated rings. The Morgan fingerprint density at radius 2 is 2.10 bits per heavy atom. The summed E-state index contributed by atoms with van der Waals surface area (Å²) in [5.41, 5.74) is 8.02. The summed E-state index contributed by atoms with van der Waals surface area (Å²) in [7, 11) is 1.50. The Morgan fingerprint density at radius 3 is 2.76 bits per heavy atom. The topological polar surface area (TPSA) is 90.1 Å². The third kappa shape index (κ3) is 4.59. The van der Waals surface area contributed by atoms with Crippen molar-refractivity contribution in [2.24, 2.45) is 5.73 Å². The maximum absolute atomic E-state index is 11.7. The Bertz CT molecular complexity index is 597. The van der Waals surface area contributed by atoms with Gasteiger partial charge in [-0.25, -0.2) is 0 Å². The summed E-state index contributed by atoms with van der Waals surface area (Å²) in [6.07, 6.45) is 0.692. The van der Waals surface area contributed by atoms with Crippen LogP contribution < -0.4 is 11.1 Å². The van der Waals surface area contributed by atoms with Gasteiger partial charge in [0.25, 0.3) is 0 Å². The van der Waals surface area contributed by atoms with Crippen LogP contribution in [0.5, 0.6) is 0 Å². The predicted molar refractivity (Wildman–Crippen MR) is 82.4 cm³/mol. The van der Waals surface area contributed by atoms with Crippen molar-refractivity contribution in [2.75, 3.05) is 19.0 Å². The lowest BCUT2D eigenvalue weighted by atomic mass is 10.1. The van der Waals surface area contributed by atoms with E-state index in [9.17, 15) is 4.79 Å². The highest BCUT2D eigenvalue weighted by atomic mass is 32.1. The van der Waals surface area contributed by atoms with Gasteiger partial charge in [0.15, 0.2) is 0 Å². The average Bonchev–Trinajstić information content (AvgIpc) is 2.89. The SMILES string of the molecule is COCC(N)C(=O)Nc1nnc(Cc2ccc(C)cc2)s1. The second-order valence-electron chi connectivity index (χ2n) is 4.71. The number of hydrogen-bond donors (Lipinski definition) is 2. The molecular weight excluding hydrogens is 288 g/mol. The number of nitrogens with two attached hydrogens (primary N) is 1. The van der Waals surface area contributed by atoms with Crippen molar-refractivity contribution in [1.82, 2.24) is 10.2 Å². The highest BCUT2D eigenvalue weighted by Crippen LogP contribution is 2.18. The zero-order valence-electron chi connectivity index (χ0n) is 12.0. The zero-order chi connectivity index (χ0) is 15.2. The minimum Gasteiger partial charge on any atom is -0.383 e. The van der Waals surface area contributed by atoms with Gasteiger partial charge < -0.3 is 10.5 Å². The van der Waals surface area contributed by atoms with Crippen molar-refractivity contribution in [3.05, 3.63) is 40.4 Å². The van der Waals surface area contributed by atoms with E-state index in [1.165, 1.54) is 24.0 Å². The van der Waals surface area contributed by atoms with Crippen molar-refractivity contribution in [1.29, 1.82) is 0 Å². The van der Waals surface area contributed by atoms with Crippen LogP contribution >= 0.6 is 11.3 Å². The number of carbonyl (C=O) groups excluding carboxylic acids is 1. The molecule has 2 rings (SSSR count). The fourth-order valence-corrected chi connectivity index (χ4v) is 2.49. The van der Waals surface area contributed by atoms with Gasteiger partial charge in [-0.3, -0.25) is 10.1 Å². The fraction of sp³-hybridized carbons (Fsp3) is 0.357. The Labute approximate surface area is 127 Å². The molecule has 1 atom stereocenters. The first kappa shape index (κ1) is 15.6. The molecule has 2 aromatic rings. The Kier molecular flexibility index (Phi) is 5.38. The van der Waals surface area contributed by atoms with Crippen LogP contribution in [0.3, 0.4) is 0 Å². The van der Waals surface area contributed by atoms with Gasteiger partial charge in [-0.2, -0.15) is 0 Å². The van der Waals surface area contributed by atoms with E-state index in [0.29, 0.717) is 11.6 Å². The molecule has 0 aliphatic rings. The standard InChI is InChI=1S/C14H18N4O2S/c1-9-3-5-10(6-4-9)7-12-17-18-14(21-12)16-13(19)11(15)8-20-2/h3-6,11H,7-8,15H2,1-2H3,(H,16,18,19). The maximum atomic E-state index is 11.7. The van der Waals surface area contributed by atoms with E-state index in [-0.39, 0.29) is 12.5 Å². The van der Waals surface area contributed by atoms with E-state index >= 15 is 0 Å². The highest BCUT2D eigenvalue weighted by molar-refractivity contribution is 7.15. The maximum Gasteiger partial charge on any atom is 0.245 e. The minimum absolute atomic E-state index is 0.168. The number of ether oxygens (including phenoxy) is 1. The molecule has 3 N–H and O–H groups in total. The molecule has 1 aromatic carbocycles. The number of anilines is 1. The van der Waals surface area contributed by atoms with Crippen LogP contribution in [0.4, 0.5) is 5.13 Å². The molecule has 1 amide bonds. The summed E-state index contributed by atoms with van der Waals surface area (Å²) < 4.78 is 4.84. The summed E-state index contributed by atoms with van der Waals surface area (Å²) in [4.78, 5) is 11.7. The average molecular weight is 306 g/mol. The van der Waals surface area contributed by atoms with E-state index in [0.717, 1.165) is 10.6 Å². The second-order valence-corrected chi connectivity index (χ2v) is 5.78. The highest BCUT2D eigenvalue weighted by Gasteiger charge is 2.15. The lowest BCUT2D eigenvalue weighted by Crippen LogP contribution is -2.39. The van der Waals surface area contributed by atoms with Gasteiger partial charge in [0.2, 0.25) is 11.0 Å². The predicted octanol–water partition coefficient (Wildman–Crippen LogP) is 1.35. The number of aryl methyl sites for hydroxylation is 1. The number of aromatic nitrogens is 2. The first-order valence-electron chi connectivity index (χ1n) is 6.52. The summed E-state index contributed by atoms with van der Waals surface area (Å²) >= 11 is 1.35. The van der Waals surface area contributed by atoms with Crippen molar-refractivity contribution in [3.63, 3.8) is 0 Å². The fourth-order valence-electron chi connectivity index (χ4n) is 1.71. The van der Waals surface area contributed by atoms with Crippen molar-refractivity contribution >= 4 is 22.4 Å². The number of methoxy groups -OCH3 is 1. The first-order chi connectivity index (χ1) is 10.1. The smallest absolute Gasteiger partial charge is 0.245 e. The molecule has 112 valence electrons. The lowest BCUT2D eigenvalue weighted by molar-refractivity contribution is -0.118. The van der Waals surface area contributed by atoms with Crippen LogP contribution in [0.15, 0.2) is 24.3 Å². The third-order valence-electron chi connectivity index (χ3n) is 2.86. The summed E-state index contributed by atoms with van der Waals surface area (Å²) in [5, 5.41) is 12.0. The van der Waals surface area contributed by atoms with Crippen molar-refractivity contribution in [2.45, 2.75) is 19.4 Å².